The van der Waals surface area contributed by atoms with Crippen LogP contribution in [-0.4, -0.2) is 18.8 Å². The molecule has 4 fully saturated rings. The zero-order chi connectivity index (χ0) is 14.0. The van der Waals surface area contributed by atoms with Crippen LogP contribution in [0.25, 0.3) is 0 Å². The molecule has 0 N–H and O–H groups in total. The molecule has 3 aliphatic carbocycles. The van der Waals surface area contributed by atoms with Gasteiger partial charge in [-0.1, -0.05) is 49.7 Å². The fourth-order valence-corrected chi connectivity index (χ4v) is 4.84. The lowest BCUT2D eigenvalue weighted by atomic mass is 9.43. The third kappa shape index (κ3) is 1.66. The first-order valence-electron chi connectivity index (χ1n) is 7.87. The first-order chi connectivity index (χ1) is 9.50. The van der Waals surface area contributed by atoms with Crippen molar-refractivity contribution >= 4 is 7.12 Å². The van der Waals surface area contributed by atoms with Crippen molar-refractivity contribution in [2.75, 3.05) is 0 Å². The molecule has 1 saturated heterocycles. The maximum atomic E-state index is 6.42. The van der Waals surface area contributed by atoms with E-state index >= 15 is 0 Å². The molecule has 2 unspecified atom stereocenters. The van der Waals surface area contributed by atoms with Gasteiger partial charge in [-0.2, -0.15) is 0 Å². The highest BCUT2D eigenvalue weighted by Crippen LogP contribution is 2.65. The van der Waals surface area contributed by atoms with Crippen LogP contribution in [0.1, 0.15) is 39.2 Å². The van der Waals surface area contributed by atoms with E-state index in [0.717, 1.165) is 12.2 Å². The lowest BCUT2D eigenvalue weighted by Crippen LogP contribution is -2.65. The minimum Gasteiger partial charge on any atom is -0.405 e. The van der Waals surface area contributed by atoms with Crippen LogP contribution < -0.4 is 0 Å². The van der Waals surface area contributed by atoms with E-state index in [-0.39, 0.29) is 12.7 Å². The minimum atomic E-state index is -0.0717. The van der Waals surface area contributed by atoms with Crippen molar-refractivity contribution in [3.05, 3.63) is 35.9 Å². The van der Waals surface area contributed by atoms with Crippen molar-refractivity contribution in [2.24, 2.45) is 17.3 Å². The van der Waals surface area contributed by atoms with E-state index < -0.39 is 0 Å². The SMILES string of the molecule is CC1(C)C2CC1[C@]1(C)OB(Cc3ccccc3)O[C@@H]1C2. The summed E-state index contributed by atoms with van der Waals surface area (Å²) in [6.07, 6.45) is 3.66. The summed E-state index contributed by atoms with van der Waals surface area (Å²) >= 11 is 0. The normalized spacial score (nSPS) is 41.1. The average molecular weight is 270 g/mol. The van der Waals surface area contributed by atoms with E-state index in [2.05, 4.69) is 51.1 Å². The average Bonchev–Trinajstić information content (AvgIpc) is 2.74. The van der Waals surface area contributed by atoms with E-state index in [1.54, 1.807) is 0 Å². The predicted molar refractivity (Wildman–Crippen MR) is 80.3 cm³/mol. The molecule has 1 aliphatic heterocycles. The molecule has 0 amide bonds. The summed E-state index contributed by atoms with van der Waals surface area (Å²) in [7, 11) is -0.0671. The van der Waals surface area contributed by atoms with Gasteiger partial charge in [0.15, 0.2) is 0 Å². The van der Waals surface area contributed by atoms with Crippen LogP contribution >= 0.6 is 0 Å². The lowest BCUT2D eigenvalue weighted by Gasteiger charge is -2.64. The molecule has 4 aliphatic rings. The minimum absolute atomic E-state index is 0.0671. The standard InChI is InChI=1S/C17H23BO2/c1-16(2)13-9-14(16)17(3)15(10-13)19-18(20-17)11-12-7-5-4-6-8-12/h4-8,13-15H,9-11H2,1-3H3/t13?,14?,15-,17+/m1/s1. The second kappa shape index (κ2) is 4.11. The van der Waals surface area contributed by atoms with Crippen molar-refractivity contribution in [3.63, 3.8) is 0 Å². The maximum absolute atomic E-state index is 6.42. The van der Waals surface area contributed by atoms with E-state index in [1.165, 1.54) is 18.4 Å². The Morgan fingerprint density at radius 2 is 1.90 bits per heavy atom. The molecule has 1 aromatic carbocycles. The summed E-state index contributed by atoms with van der Waals surface area (Å²) in [6.45, 7) is 7.09. The van der Waals surface area contributed by atoms with Gasteiger partial charge in [-0.25, -0.2) is 0 Å². The molecule has 5 rings (SSSR count). The molecule has 2 nitrogen and oxygen atoms in total. The summed E-state index contributed by atoms with van der Waals surface area (Å²) in [5.41, 5.74) is 1.65. The third-order valence-corrected chi connectivity index (χ3v) is 6.25. The van der Waals surface area contributed by atoms with Gasteiger partial charge in [-0.15, -0.1) is 0 Å². The fourth-order valence-electron chi connectivity index (χ4n) is 4.84. The Bertz CT molecular complexity index is 515. The highest BCUT2D eigenvalue weighted by Gasteiger charge is 2.67. The van der Waals surface area contributed by atoms with Crippen molar-refractivity contribution in [1.82, 2.24) is 0 Å². The Hall–Kier alpha value is -0.795. The van der Waals surface area contributed by atoms with Crippen molar-refractivity contribution in [3.8, 4) is 0 Å². The number of hydrogen-bond acceptors (Lipinski definition) is 2. The predicted octanol–water partition coefficient (Wildman–Crippen LogP) is 3.50. The highest BCUT2D eigenvalue weighted by atomic mass is 16.7. The zero-order valence-corrected chi connectivity index (χ0v) is 12.6. The Labute approximate surface area is 122 Å². The van der Waals surface area contributed by atoms with E-state index in [1.807, 2.05) is 0 Å². The molecule has 2 bridgehead atoms. The van der Waals surface area contributed by atoms with E-state index in [4.69, 9.17) is 9.31 Å². The van der Waals surface area contributed by atoms with Crippen LogP contribution in [0.4, 0.5) is 0 Å². The third-order valence-electron chi connectivity index (χ3n) is 6.25. The first kappa shape index (κ1) is 12.9. The molecule has 0 spiro atoms. The summed E-state index contributed by atoms with van der Waals surface area (Å²) in [6, 6.07) is 10.5. The van der Waals surface area contributed by atoms with Crippen LogP contribution in [0.5, 0.6) is 0 Å². The van der Waals surface area contributed by atoms with E-state index in [0.29, 0.717) is 17.4 Å². The van der Waals surface area contributed by atoms with Crippen LogP contribution in [0, 0.1) is 17.3 Å². The van der Waals surface area contributed by atoms with Gasteiger partial charge in [0.1, 0.15) is 0 Å². The van der Waals surface area contributed by atoms with Gasteiger partial charge in [-0.05, 0) is 37.0 Å². The van der Waals surface area contributed by atoms with Gasteiger partial charge >= 0.3 is 7.12 Å². The second-order valence-corrected chi connectivity index (χ2v) is 7.59. The highest BCUT2D eigenvalue weighted by molar-refractivity contribution is 6.44. The number of rotatable bonds is 2. The molecule has 0 radical (unpaired) electrons. The molecule has 1 heterocycles. The molecule has 3 saturated carbocycles. The fraction of sp³-hybridized carbons (Fsp3) is 0.647. The van der Waals surface area contributed by atoms with Crippen molar-refractivity contribution in [2.45, 2.75) is 51.6 Å². The van der Waals surface area contributed by atoms with Gasteiger partial charge in [0.2, 0.25) is 0 Å². The monoisotopic (exact) mass is 270 g/mol. The van der Waals surface area contributed by atoms with Gasteiger partial charge in [0.25, 0.3) is 0 Å². The molecule has 1 aromatic rings. The largest absolute Gasteiger partial charge is 0.462 e. The molecular formula is C17H23BO2. The molecule has 20 heavy (non-hydrogen) atoms. The number of hydrogen-bond donors (Lipinski definition) is 0. The second-order valence-electron chi connectivity index (χ2n) is 7.59. The molecular weight excluding hydrogens is 247 g/mol. The molecule has 0 aromatic heterocycles. The van der Waals surface area contributed by atoms with Crippen molar-refractivity contribution in [1.29, 1.82) is 0 Å². The quantitative estimate of drug-likeness (QED) is 0.766. The van der Waals surface area contributed by atoms with Gasteiger partial charge < -0.3 is 9.31 Å². The lowest BCUT2D eigenvalue weighted by molar-refractivity contribution is -0.199. The topological polar surface area (TPSA) is 18.5 Å². The van der Waals surface area contributed by atoms with Crippen LogP contribution in [-0.2, 0) is 15.6 Å². The van der Waals surface area contributed by atoms with Gasteiger partial charge in [-0.3, -0.25) is 0 Å². The van der Waals surface area contributed by atoms with Crippen LogP contribution in [0.2, 0.25) is 0 Å². The summed E-state index contributed by atoms with van der Waals surface area (Å²) in [4.78, 5) is 0. The maximum Gasteiger partial charge on any atom is 0.462 e. The van der Waals surface area contributed by atoms with Gasteiger partial charge in [0.05, 0.1) is 11.7 Å². The van der Waals surface area contributed by atoms with Gasteiger partial charge in [0, 0.05) is 6.32 Å². The Morgan fingerprint density at radius 1 is 1.15 bits per heavy atom. The summed E-state index contributed by atoms with van der Waals surface area (Å²) in [5.74, 6) is 1.48. The van der Waals surface area contributed by atoms with Crippen molar-refractivity contribution < 1.29 is 9.31 Å². The Balaban J connectivity index is 1.53. The molecule has 106 valence electrons. The zero-order valence-electron chi connectivity index (χ0n) is 12.6. The first-order valence-corrected chi connectivity index (χ1v) is 7.87. The summed E-state index contributed by atoms with van der Waals surface area (Å²) in [5, 5.41) is 0. The van der Waals surface area contributed by atoms with E-state index in [9.17, 15) is 0 Å². The Kier molecular flexibility index (Phi) is 2.65. The van der Waals surface area contributed by atoms with Crippen LogP contribution in [0.15, 0.2) is 30.3 Å². The summed E-state index contributed by atoms with van der Waals surface area (Å²) < 4.78 is 12.7. The molecule has 3 heteroatoms. The smallest absolute Gasteiger partial charge is 0.405 e. The molecule has 4 atom stereocenters. The Morgan fingerprint density at radius 3 is 2.60 bits per heavy atom. The van der Waals surface area contributed by atoms with Crippen LogP contribution in [0.3, 0.4) is 0 Å². The number of benzene rings is 1.